The third kappa shape index (κ3) is 2.01. The van der Waals surface area contributed by atoms with Crippen LogP contribution in [0.15, 0.2) is 12.1 Å². The van der Waals surface area contributed by atoms with E-state index in [2.05, 4.69) is 28.2 Å². The molecule has 16 heavy (non-hydrogen) atoms. The summed E-state index contributed by atoms with van der Waals surface area (Å²) in [6.45, 7) is 4.73. The summed E-state index contributed by atoms with van der Waals surface area (Å²) in [5.74, 6) is 2.08. The van der Waals surface area contributed by atoms with E-state index in [1.54, 1.807) is 0 Å². The standard InChI is InChI=1S/C12H17N3O/c1-8-6-7-15(3)12-10(8)4-5-11(14-12)13-9(2)16/h4-5,8H,6-7H2,1-3H3,(H,13,14,16). The highest BCUT2D eigenvalue weighted by Crippen LogP contribution is 2.33. The lowest BCUT2D eigenvalue weighted by Crippen LogP contribution is -2.27. The maximum absolute atomic E-state index is 11.0. The zero-order valence-corrected chi connectivity index (χ0v) is 9.95. The number of hydrogen-bond acceptors (Lipinski definition) is 3. The molecule has 1 aromatic rings. The number of carbonyl (C=O) groups is 1. The first-order valence-electron chi connectivity index (χ1n) is 5.57. The summed E-state index contributed by atoms with van der Waals surface area (Å²) in [4.78, 5) is 17.6. The van der Waals surface area contributed by atoms with Gasteiger partial charge >= 0.3 is 0 Å². The predicted octanol–water partition coefficient (Wildman–Crippen LogP) is 1.98. The minimum atomic E-state index is -0.0843. The van der Waals surface area contributed by atoms with Crippen LogP contribution >= 0.6 is 0 Å². The first kappa shape index (κ1) is 10.9. The van der Waals surface area contributed by atoms with Gasteiger partial charge in [0.1, 0.15) is 11.6 Å². The number of amides is 1. The Labute approximate surface area is 95.7 Å². The summed E-state index contributed by atoms with van der Waals surface area (Å²) in [5, 5.41) is 2.71. The van der Waals surface area contributed by atoms with E-state index < -0.39 is 0 Å². The van der Waals surface area contributed by atoms with E-state index in [0.29, 0.717) is 11.7 Å². The molecule has 2 heterocycles. The van der Waals surface area contributed by atoms with Crippen LogP contribution in [-0.2, 0) is 4.79 Å². The van der Waals surface area contributed by atoms with E-state index in [0.717, 1.165) is 18.8 Å². The zero-order chi connectivity index (χ0) is 11.7. The summed E-state index contributed by atoms with van der Waals surface area (Å²) in [7, 11) is 2.04. The molecule has 1 atom stereocenters. The van der Waals surface area contributed by atoms with Crippen molar-refractivity contribution < 1.29 is 4.79 Å². The number of pyridine rings is 1. The van der Waals surface area contributed by atoms with Crippen LogP contribution in [-0.4, -0.2) is 24.5 Å². The second-order valence-electron chi connectivity index (χ2n) is 4.40. The number of nitrogens with one attached hydrogen (secondary N) is 1. The highest BCUT2D eigenvalue weighted by atomic mass is 16.1. The van der Waals surface area contributed by atoms with Gasteiger partial charge in [-0.3, -0.25) is 4.79 Å². The van der Waals surface area contributed by atoms with Crippen LogP contribution < -0.4 is 10.2 Å². The van der Waals surface area contributed by atoms with E-state index in [-0.39, 0.29) is 5.91 Å². The quantitative estimate of drug-likeness (QED) is 0.785. The Morgan fingerprint density at radius 2 is 2.31 bits per heavy atom. The molecule has 4 nitrogen and oxygen atoms in total. The van der Waals surface area contributed by atoms with Crippen LogP contribution in [0.5, 0.6) is 0 Å². The van der Waals surface area contributed by atoms with E-state index >= 15 is 0 Å². The molecule has 0 aromatic carbocycles. The maximum atomic E-state index is 11.0. The predicted molar refractivity (Wildman–Crippen MR) is 64.8 cm³/mol. The third-order valence-electron chi connectivity index (χ3n) is 3.00. The topological polar surface area (TPSA) is 45.2 Å². The molecule has 0 saturated carbocycles. The van der Waals surface area contributed by atoms with Gasteiger partial charge in [-0.05, 0) is 24.0 Å². The average molecular weight is 219 g/mol. The highest BCUT2D eigenvalue weighted by Gasteiger charge is 2.21. The Kier molecular flexibility index (Phi) is 2.81. The fourth-order valence-electron chi connectivity index (χ4n) is 2.05. The number of rotatable bonds is 1. The molecule has 86 valence electrons. The molecule has 1 amide bonds. The highest BCUT2D eigenvalue weighted by molar-refractivity contribution is 5.87. The van der Waals surface area contributed by atoms with Crippen molar-refractivity contribution in [2.75, 3.05) is 23.8 Å². The normalized spacial score (nSPS) is 19.2. The fourth-order valence-corrected chi connectivity index (χ4v) is 2.05. The van der Waals surface area contributed by atoms with Crippen LogP contribution in [0.25, 0.3) is 0 Å². The zero-order valence-electron chi connectivity index (χ0n) is 9.95. The summed E-state index contributed by atoms with van der Waals surface area (Å²) in [5.41, 5.74) is 1.27. The van der Waals surface area contributed by atoms with E-state index in [4.69, 9.17) is 0 Å². The van der Waals surface area contributed by atoms with Gasteiger partial charge in [0.2, 0.25) is 5.91 Å². The molecule has 2 rings (SSSR count). The van der Waals surface area contributed by atoms with Crippen LogP contribution in [0.1, 0.15) is 31.7 Å². The molecule has 1 aliphatic rings. The van der Waals surface area contributed by atoms with Crippen molar-refractivity contribution in [2.24, 2.45) is 0 Å². The van der Waals surface area contributed by atoms with Crippen molar-refractivity contribution in [1.82, 2.24) is 4.98 Å². The maximum Gasteiger partial charge on any atom is 0.222 e. The number of anilines is 2. The van der Waals surface area contributed by atoms with Crippen molar-refractivity contribution in [3.8, 4) is 0 Å². The molecule has 4 heteroatoms. The van der Waals surface area contributed by atoms with Crippen LogP contribution in [0.4, 0.5) is 11.6 Å². The van der Waals surface area contributed by atoms with Gasteiger partial charge in [0.15, 0.2) is 0 Å². The van der Waals surface area contributed by atoms with Gasteiger partial charge in [-0.2, -0.15) is 0 Å². The SMILES string of the molecule is CC(=O)Nc1ccc2c(n1)N(C)CCC2C. The summed E-state index contributed by atoms with van der Waals surface area (Å²) >= 11 is 0. The van der Waals surface area contributed by atoms with Gasteiger partial charge in [-0.1, -0.05) is 13.0 Å². The van der Waals surface area contributed by atoms with Gasteiger partial charge in [0.05, 0.1) is 0 Å². The van der Waals surface area contributed by atoms with Crippen molar-refractivity contribution in [3.63, 3.8) is 0 Å². The number of aromatic nitrogens is 1. The second kappa shape index (κ2) is 4.12. The molecule has 1 aromatic heterocycles. The van der Waals surface area contributed by atoms with Crippen LogP contribution in [0, 0.1) is 0 Å². The smallest absolute Gasteiger partial charge is 0.222 e. The molecule has 0 aliphatic carbocycles. The molecule has 1 N–H and O–H groups in total. The number of nitrogens with zero attached hydrogens (tertiary/aromatic N) is 2. The Bertz CT molecular complexity index is 417. The molecule has 1 unspecified atom stereocenters. The lowest BCUT2D eigenvalue weighted by atomic mass is 9.94. The lowest BCUT2D eigenvalue weighted by molar-refractivity contribution is -0.114. The minimum absolute atomic E-state index is 0.0843. The Morgan fingerprint density at radius 1 is 1.56 bits per heavy atom. The number of fused-ring (bicyclic) bond motifs is 1. The summed E-state index contributed by atoms with van der Waals surface area (Å²) in [6, 6.07) is 3.93. The van der Waals surface area contributed by atoms with E-state index in [1.165, 1.54) is 12.5 Å². The summed E-state index contributed by atoms with van der Waals surface area (Å²) in [6.07, 6.45) is 1.16. The number of hydrogen-bond donors (Lipinski definition) is 1. The molecule has 0 radical (unpaired) electrons. The van der Waals surface area contributed by atoms with E-state index in [9.17, 15) is 4.79 Å². The average Bonchev–Trinajstić information content (AvgIpc) is 2.23. The number of carbonyl (C=O) groups excluding carboxylic acids is 1. The first-order valence-corrected chi connectivity index (χ1v) is 5.57. The fraction of sp³-hybridized carbons (Fsp3) is 0.500. The van der Waals surface area contributed by atoms with Gasteiger partial charge < -0.3 is 10.2 Å². The molecule has 0 saturated heterocycles. The Morgan fingerprint density at radius 3 is 3.00 bits per heavy atom. The van der Waals surface area contributed by atoms with Gasteiger partial charge in [0, 0.05) is 20.5 Å². The Hall–Kier alpha value is -1.58. The molecule has 0 fully saturated rings. The van der Waals surface area contributed by atoms with Crippen molar-refractivity contribution in [3.05, 3.63) is 17.7 Å². The summed E-state index contributed by atoms with van der Waals surface area (Å²) < 4.78 is 0. The minimum Gasteiger partial charge on any atom is -0.359 e. The van der Waals surface area contributed by atoms with E-state index in [1.807, 2.05) is 13.1 Å². The molecule has 0 spiro atoms. The van der Waals surface area contributed by atoms with Crippen molar-refractivity contribution in [2.45, 2.75) is 26.2 Å². The van der Waals surface area contributed by atoms with Crippen molar-refractivity contribution in [1.29, 1.82) is 0 Å². The van der Waals surface area contributed by atoms with Crippen LogP contribution in [0.2, 0.25) is 0 Å². The third-order valence-corrected chi connectivity index (χ3v) is 3.00. The lowest BCUT2D eigenvalue weighted by Gasteiger charge is -2.30. The van der Waals surface area contributed by atoms with Gasteiger partial charge in [0.25, 0.3) is 0 Å². The van der Waals surface area contributed by atoms with Crippen LogP contribution in [0.3, 0.4) is 0 Å². The second-order valence-corrected chi connectivity index (χ2v) is 4.40. The molecular weight excluding hydrogens is 202 g/mol. The van der Waals surface area contributed by atoms with Gasteiger partial charge in [-0.15, -0.1) is 0 Å². The molecule has 0 bridgehead atoms. The molecular formula is C12H17N3O. The largest absolute Gasteiger partial charge is 0.359 e. The molecule has 1 aliphatic heterocycles. The van der Waals surface area contributed by atoms with Crippen molar-refractivity contribution >= 4 is 17.5 Å². The van der Waals surface area contributed by atoms with Gasteiger partial charge in [-0.25, -0.2) is 4.98 Å². The first-order chi connectivity index (χ1) is 7.58. The monoisotopic (exact) mass is 219 g/mol. The Balaban J connectivity index is 2.36.